The lowest BCUT2D eigenvalue weighted by Gasteiger charge is -2.27. The van der Waals surface area contributed by atoms with Gasteiger partial charge in [0.2, 0.25) is 0 Å². The standard InChI is InChI=1S/C13H18BrNO/c1-3-15-13-6-4-5-10-11(13)7-9(16-2)8-12(10)14/h7-8,13,15H,3-6H2,1-2H3. The van der Waals surface area contributed by atoms with E-state index in [-0.39, 0.29) is 0 Å². The summed E-state index contributed by atoms with van der Waals surface area (Å²) in [6.45, 7) is 3.17. The number of rotatable bonds is 3. The summed E-state index contributed by atoms with van der Waals surface area (Å²) in [5.41, 5.74) is 2.84. The van der Waals surface area contributed by atoms with E-state index in [0.29, 0.717) is 6.04 Å². The van der Waals surface area contributed by atoms with Crippen LogP contribution in [0, 0.1) is 0 Å². The van der Waals surface area contributed by atoms with Crippen LogP contribution < -0.4 is 10.1 Å². The fourth-order valence-electron chi connectivity index (χ4n) is 2.42. The summed E-state index contributed by atoms with van der Waals surface area (Å²) in [6.07, 6.45) is 3.65. The third-order valence-corrected chi connectivity index (χ3v) is 3.89. The monoisotopic (exact) mass is 283 g/mol. The van der Waals surface area contributed by atoms with Crippen molar-refractivity contribution in [3.63, 3.8) is 0 Å². The van der Waals surface area contributed by atoms with Crippen molar-refractivity contribution >= 4 is 15.9 Å². The molecule has 1 aliphatic rings. The highest BCUT2D eigenvalue weighted by Crippen LogP contribution is 2.37. The number of methoxy groups -OCH3 is 1. The molecule has 0 heterocycles. The highest BCUT2D eigenvalue weighted by molar-refractivity contribution is 9.10. The molecule has 0 bridgehead atoms. The van der Waals surface area contributed by atoms with Gasteiger partial charge in [0.1, 0.15) is 5.75 Å². The van der Waals surface area contributed by atoms with Crippen LogP contribution >= 0.6 is 15.9 Å². The summed E-state index contributed by atoms with van der Waals surface area (Å²) in [5.74, 6) is 0.940. The second kappa shape index (κ2) is 5.19. The molecule has 1 aliphatic carbocycles. The van der Waals surface area contributed by atoms with Crippen LogP contribution in [0.5, 0.6) is 5.75 Å². The lowest BCUT2D eigenvalue weighted by molar-refractivity contribution is 0.409. The van der Waals surface area contributed by atoms with E-state index in [1.807, 2.05) is 0 Å². The zero-order valence-corrected chi connectivity index (χ0v) is 11.4. The Morgan fingerprint density at radius 1 is 1.50 bits per heavy atom. The van der Waals surface area contributed by atoms with Crippen molar-refractivity contribution in [1.82, 2.24) is 5.32 Å². The zero-order valence-electron chi connectivity index (χ0n) is 9.85. The summed E-state index contributed by atoms with van der Waals surface area (Å²) in [5, 5.41) is 3.54. The molecule has 16 heavy (non-hydrogen) atoms. The molecule has 1 N–H and O–H groups in total. The normalized spacial score (nSPS) is 19.3. The maximum Gasteiger partial charge on any atom is 0.120 e. The largest absolute Gasteiger partial charge is 0.497 e. The zero-order chi connectivity index (χ0) is 11.5. The molecule has 2 nitrogen and oxygen atoms in total. The Balaban J connectivity index is 2.41. The van der Waals surface area contributed by atoms with E-state index in [0.717, 1.165) is 12.3 Å². The Hall–Kier alpha value is -0.540. The molecule has 0 spiro atoms. The van der Waals surface area contributed by atoms with Crippen molar-refractivity contribution in [3.8, 4) is 5.75 Å². The van der Waals surface area contributed by atoms with Crippen LogP contribution in [0.1, 0.15) is 36.9 Å². The van der Waals surface area contributed by atoms with Gasteiger partial charge in [0.25, 0.3) is 0 Å². The van der Waals surface area contributed by atoms with Crippen molar-refractivity contribution in [3.05, 3.63) is 27.7 Å². The number of hydrogen-bond acceptors (Lipinski definition) is 2. The molecule has 0 radical (unpaired) electrons. The summed E-state index contributed by atoms with van der Waals surface area (Å²) in [6, 6.07) is 4.72. The van der Waals surface area contributed by atoms with Gasteiger partial charge in [-0.05, 0) is 49.1 Å². The third kappa shape index (κ3) is 2.25. The van der Waals surface area contributed by atoms with Gasteiger partial charge in [0.15, 0.2) is 0 Å². The minimum absolute atomic E-state index is 0.486. The van der Waals surface area contributed by atoms with Crippen LogP contribution in [-0.2, 0) is 6.42 Å². The molecule has 0 fully saturated rings. The highest BCUT2D eigenvalue weighted by Gasteiger charge is 2.22. The molecule has 1 aromatic carbocycles. The lowest BCUT2D eigenvalue weighted by atomic mass is 9.87. The maximum absolute atomic E-state index is 5.33. The number of nitrogens with one attached hydrogen (secondary N) is 1. The molecule has 0 amide bonds. The van der Waals surface area contributed by atoms with Gasteiger partial charge in [-0.2, -0.15) is 0 Å². The molecule has 0 aliphatic heterocycles. The summed E-state index contributed by atoms with van der Waals surface area (Å²) in [4.78, 5) is 0. The summed E-state index contributed by atoms with van der Waals surface area (Å²) < 4.78 is 6.51. The smallest absolute Gasteiger partial charge is 0.120 e. The molecule has 1 aromatic rings. The molecule has 3 heteroatoms. The molecule has 0 saturated heterocycles. The predicted octanol–water partition coefficient (Wildman–Crippen LogP) is 3.44. The molecule has 88 valence electrons. The molecule has 0 saturated carbocycles. The topological polar surface area (TPSA) is 21.3 Å². The van der Waals surface area contributed by atoms with Crippen LogP contribution in [0.25, 0.3) is 0 Å². The van der Waals surface area contributed by atoms with E-state index >= 15 is 0 Å². The predicted molar refractivity (Wildman–Crippen MR) is 70.0 cm³/mol. The van der Waals surface area contributed by atoms with Crippen LogP contribution in [0.15, 0.2) is 16.6 Å². The van der Waals surface area contributed by atoms with Gasteiger partial charge in [0, 0.05) is 10.5 Å². The van der Waals surface area contributed by atoms with Crippen molar-refractivity contribution in [1.29, 1.82) is 0 Å². The average molecular weight is 284 g/mol. The van der Waals surface area contributed by atoms with Gasteiger partial charge in [0.05, 0.1) is 7.11 Å². The van der Waals surface area contributed by atoms with Crippen LogP contribution in [0.3, 0.4) is 0 Å². The quantitative estimate of drug-likeness (QED) is 0.918. The number of halogens is 1. The van der Waals surface area contributed by atoms with Gasteiger partial charge in [-0.25, -0.2) is 0 Å². The van der Waals surface area contributed by atoms with E-state index in [1.54, 1.807) is 7.11 Å². The van der Waals surface area contributed by atoms with Crippen LogP contribution in [0.2, 0.25) is 0 Å². The average Bonchev–Trinajstić information content (AvgIpc) is 2.30. The van der Waals surface area contributed by atoms with Gasteiger partial charge >= 0.3 is 0 Å². The second-order valence-electron chi connectivity index (χ2n) is 4.18. The van der Waals surface area contributed by atoms with Gasteiger partial charge in [-0.15, -0.1) is 0 Å². The Bertz CT molecular complexity index is 378. The van der Waals surface area contributed by atoms with Gasteiger partial charge in [-0.1, -0.05) is 22.9 Å². The second-order valence-corrected chi connectivity index (χ2v) is 5.03. The fourth-order valence-corrected chi connectivity index (χ4v) is 3.07. The van der Waals surface area contributed by atoms with Gasteiger partial charge in [-0.3, -0.25) is 0 Å². The van der Waals surface area contributed by atoms with Gasteiger partial charge < -0.3 is 10.1 Å². The van der Waals surface area contributed by atoms with E-state index < -0.39 is 0 Å². The molecule has 2 rings (SSSR count). The summed E-state index contributed by atoms with van der Waals surface area (Å²) in [7, 11) is 1.72. The van der Waals surface area contributed by atoms with Crippen LogP contribution in [0.4, 0.5) is 0 Å². The Morgan fingerprint density at radius 3 is 3.00 bits per heavy atom. The third-order valence-electron chi connectivity index (χ3n) is 3.18. The van der Waals surface area contributed by atoms with Crippen molar-refractivity contribution in [2.45, 2.75) is 32.2 Å². The van der Waals surface area contributed by atoms with Crippen molar-refractivity contribution < 1.29 is 4.74 Å². The van der Waals surface area contributed by atoms with E-state index in [4.69, 9.17) is 4.74 Å². The first kappa shape index (κ1) is 11.9. The van der Waals surface area contributed by atoms with Crippen LogP contribution in [-0.4, -0.2) is 13.7 Å². The number of ether oxygens (including phenoxy) is 1. The first-order valence-electron chi connectivity index (χ1n) is 5.86. The highest BCUT2D eigenvalue weighted by atomic mass is 79.9. The Kier molecular flexibility index (Phi) is 3.87. The molecular formula is C13H18BrNO. The van der Waals surface area contributed by atoms with Crippen molar-refractivity contribution in [2.24, 2.45) is 0 Å². The SMILES string of the molecule is CCNC1CCCc2c(Br)cc(OC)cc21. The van der Waals surface area contributed by atoms with E-state index in [1.165, 1.54) is 34.9 Å². The minimum atomic E-state index is 0.486. The number of hydrogen-bond donors (Lipinski definition) is 1. The molecule has 0 aromatic heterocycles. The number of benzene rings is 1. The minimum Gasteiger partial charge on any atom is -0.497 e. The van der Waals surface area contributed by atoms with Crippen molar-refractivity contribution in [2.75, 3.05) is 13.7 Å². The fraction of sp³-hybridized carbons (Fsp3) is 0.538. The van der Waals surface area contributed by atoms with E-state index in [2.05, 4.69) is 40.3 Å². The summed E-state index contributed by atoms with van der Waals surface area (Å²) >= 11 is 3.64. The molecule has 1 atom stereocenters. The molecular weight excluding hydrogens is 266 g/mol. The van der Waals surface area contributed by atoms with E-state index in [9.17, 15) is 0 Å². The number of fused-ring (bicyclic) bond motifs is 1. The first-order valence-corrected chi connectivity index (χ1v) is 6.65. The lowest BCUT2D eigenvalue weighted by Crippen LogP contribution is -2.25. The first-order chi connectivity index (χ1) is 7.76. The maximum atomic E-state index is 5.33. The Labute approximate surface area is 106 Å². The Morgan fingerprint density at radius 2 is 2.31 bits per heavy atom. The molecule has 1 unspecified atom stereocenters.